The molecular formula is C12H20. The summed E-state index contributed by atoms with van der Waals surface area (Å²) in [4.78, 5) is 0. The summed E-state index contributed by atoms with van der Waals surface area (Å²) in [5, 5.41) is 0. The molecule has 0 radical (unpaired) electrons. The molecule has 3 unspecified atom stereocenters. The Labute approximate surface area is 76.1 Å². The van der Waals surface area contributed by atoms with Crippen molar-refractivity contribution in [3.8, 4) is 0 Å². The summed E-state index contributed by atoms with van der Waals surface area (Å²) in [6, 6.07) is 0. The van der Waals surface area contributed by atoms with Crippen LogP contribution in [0.2, 0.25) is 0 Å². The van der Waals surface area contributed by atoms with Gasteiger partial charge in [0.15, 0.2) is 0 Å². The van der Waals surface area contributed by atoms with E-state index < -0.39 is 0 Å². The molecule has 0 heteroatoms. The van der Waals surface area contributed by atoms with E-state index in [0.29, 0.717) is 10.8 Å². The van der Waals surface area contributed by atoms with Gasteiger partial charge >= 0.3 is 0 Å². The molecule has 2 fully saturated rings. The topological polar surface area (TPSA) is 0 Å². The first-order valence-corrected chi connectivity index (χ1v) is 5.17. The molecule has 0 N–H and O–H groups in total. The SMILES string of the molecule is CC=CC1C2CCC2(C)C1(C)C. The predicted octanol–water partition coefficient (Wildman–Crippen LogP) is 3.63. The van der Waals surface area contributed by atoms with Crippen LogP contribution < -0.4 is 0 Å². The van der Waals surface area contributed by atoms with E-state index in [9.17, 15) is 0 Å². The summed E-state index contributed by atoms with van der Waals surface area (Å²) in [6.07, 6.45) is 7.57. The van der Waals surface area contributed by atoms with Gasteiger partial charge in [-0.05, 0) is 42.4 Å². The maximum Gasteiger partial charge on any atom is -0.0143 e. The van der Waals surface area contributed by atoms with E-state index in [1.807, 2.05) is 0 Å². The molecule has 2 aliphatic carbocycles. The fraction of sp³-hybridized carbons (Fsp3) is 0.833. The van der Waals surface area contributed by atoms with Crippen LogP contribution in [-0.2, 0) is 0 Å². The lowest BCUT2D eigenvalue weighted by atomic mass is 9.32. The minimum absolute atomic E-state index is 0.558. The third-order valence-corrected chi connectivity index (χ3v) is 4.93. The third-order valence-electron chi connectivity index (χ3n) is 4.93. The van der Waals surface area contributed by atoms with Crippen LogP contribution in [0.25, 0.3) is 0 Å². The zero-order chi connectivity index (χ0) is 8.98. The number of hydrogen-bond acceptors (Lipinski definition) is 0. The summed E-state index contributed by atoms with van der Waals surface area (Å²) in [7, 11) is 0. The van der Waals surface area contributed by atoms with Crippen molar-refractivity contribution >= 4 is 0 Å². The van der Waals surface area contributed by atoms with Gasteiger partial charge < -0.3 is 0 Å². The summed E-state index contributed by atoms with van der Waals surface area (Å²) in [5.74, 6) is 1.87. The predicted molar refractivity (Wildman–Crippen MR) is 52.9 cm³/mol. The van der Waals surface area contributed by atoms with Crippen molar-refractivity contribution in [2.24, 2.45) is 22.7 Å². The molecule has 0 saturated heterocycles. The van der Waals surface area contributed by atoms with Gasteiger partial charge in [-0.2, -0.15) is 0 Å². The van der Waals surface area contributed by atoms with E-state index in [2.05, 4.69) is 39.8 Å². The average Bonchev–Trinajstić information content (AvgIpc) is 2.00. The Morgan fingerprint density at radius 2 is 1.92 bits per heavy atom. The van der Waals surface area contributed by atoms with Gasteiger partial charge in [0.25, 0.3) is 0 Å². The van der Waals surface area contributed by atoms with Crippen molar-refractivity contribution < 1.29 is 0 Å². The van der Waals surface area contributed by atoms with Gasteiger partial charge in [0.1, 0.15) is 0 Å². The zero-order valence-corrected chi connectivity index (χ0v) is 8.72. The van der Waals surface area contributed by atoms with Crippen molar-refractivity contribution in [3.63, 3.8) is 0 Å². The first-order valence-electron chi connectivity index (χ1n) is 5.17. The largest absolute Gasteiger partial charge is 0.0914 e. The highest BCUT2D eigenvalue weighted by Crippen LogP contribution is 2.74. The standard InChI is InChI=1S/C12H20/c1-5-6-9-10-7-8-12(10,4)11(9,2)3/h5-6,9-10H,7-8H2,1-4H3. The molecule has 0 heterocycles. The van der Waals surface area contributed by atoms with Gasteiger partial charge in [0.2, 0.25) is 0 Å². The molecule has 12 heavy (non-hydrogen) atoms. The highest BCUT2D eigenvalue weighted by atomic mass is 14.7. The molecule has 2 saturated carbocycles. The lowest BCUT2D eigenvalue weighted by Gasteiger charge is -2.72. The molecule has 0 aromatic heterocycles. The smallest absolute Gasteiger partial charge is 0.0143 e. The average molecular weight is 164 g/mol. The normalized spacial score (nSPS) is 49.7. The highest BCUT2D eigenvalue weighted by Gasteiger charge is 2.67. The van der Waals surface area contributed by atoms with Crippen molar-refractivity contribution in [3.05, 3.63) is 12.2 Å². The van der Waals surface area contributed by atoms with E-state index in [4.69, 9.17) is 0 Å². The van der Waals surface area contributed by atoms with Crippen molar-refractivity contribution in [2.75, 3.05) is 0 Å². The summed E-state index contributed by atoms with van der Waals surface area (Å²) in [6.45, 7) is 9.49. The first kappa shape index (κ1) is 8.34. The van der Waals surface area contributed by atoms with Gasteiger partial charge in [-0.15, -0.1) is 0 Å². The number of allylic oxidation sites excluding steroid dienone is 2. The van der Waals surface area contributed by atoms with Crippen LogP contribution in [0.15, 0.2) is 12.2 Å². The molecule has 0 aromatic rings. The second kappa shape index (κ2) is 2.16. The fourth-order valence-electron chi connectivity index (χ4n) is 3.49. The lowest BCUT2D eigenvalue weighted by molar-refractivity contribution is -0.226. The minimum atomic E-state index is 0.558. The van der Waals surface area contributed by atoms with E-state index in [1.54, 1.807) is 0 Å². The summed E-state index contributed by atoms with van der Waals surface area (Å²) < 4.78 is 0. The Balaban J connectivity index is 2.20. The second-order valence-electron chi connectivity index (χ2n) is 5.34. The number of rotatable bonds is 1. The molecule has 0 aliphatic heterocycles. The molecule has 68 valence electrons. The summed E-state index contributed by atoms with van der Waals surface area (Å²) in [5.41, 5.74) is 1.24. The molecule has 0 spiro atoms. The van der Waals surface area contributed by atoms with E-state index in [0.717, 1.165) is 11.8 Å². The molecule has 0 bridgehead atoms. The minimum Gasteiger partial charge on any atom is -0.0914 e. The third kappa shape index (κ3) is 0.654. The van der Waals surface area contributed by atoms with Crippen LogP contribution >= 0.6 is 0 Å². The Kier molecular flexibility index (Phi) is 1.50. The van der Waals surface area contributed by atoms with Crippen molar-refractivity contribution in [2.45, 2.75) is 40.5 Å². The van der Waals surface area contributed by atoms with Crippen LogP contribution in [0.4, 0.5) is 0 Å². The van der Waals surface area contributed by atoms with Crippen LogP contribution in [0, 0.1) is 22.7 Å². The van der Waals surface area contributed by atoms with Gasteiger partial charge in [-0.1, -0.05) is 32.9 Å². The highest BCUT2D eigenvalue weighted by molar-refractivity contribution is 5.21. The Bertz CT molecular complexity index is 224. The molecule has 3 atom stereocenters. The van der Waals surface area contributed by atoms with Gasteiger partial charge in [0.05, 0.1) is 0 Å². The van der Waals surface area contributed by atoms with Crippen molar-refractivity contribution in [1.82, 2.24) is 0 Å². The van der Waals surface area contributed by atoms with Gasteiger partial charge in [-0.25, -0.2) is 0 Å². The maximum atomic E-state index is 2.47. The molecule has 0 nitrogen and oxygen atoms in total. The van der Waals surface area contributed by atoms with E-state index >= 15 is 0 Å². The quantitative estimate of drug-likeness (QED) is 0.519. The van der Waals surface area contributed by atoms with E-state index in [-0.39, 0.29) is 0 Å². The molecule has 0 amide bonds. The number of fused-ring (bicyclic) bond motifs is 1. The Morgan fingerprint density at radius 1 is 1.25 bits per heavy atom. The molecule has 2 aliphatic rings. The molecule has 0 aromatic carbocycles. The molecule has 2 rings (SSSR count). The van der Waals surface area contributed by atoms with Gasteiger partial charge in [-0.3, -0.25) is 0 Å². The summed E-state index contributed by atoms with van der Waals surface area (Å²) >= 11 is 0. The Morgan fingerprint density at radius 3 is 2.25 bits per heavy atom. The number of hydrogen-bond donors (Lipinski definition) is 0. The second-order valence-corrected chi connectivity index (χ2v) is 5.34. The zero-order valence-electron chi connectivity index (χ0n) is 8.72. The fourth-order valence-corrected chi connectivity index (χ4v) is 3.49. The lowest BCUT2D eigenvalue weighted by Crippen LogP contribution is -2.66. The van der Waals surface area contributed by atoms with Crippen LogP contribution in [-0.4, -0.2) is 0 Å². The maximum absolute atomic E-state index is 2.47. The van der Waals surface area contributed by atoms with Crippen LogP contribution in [0.5, 0.6) is 0 Å². The van der Waals surface area contributed by atoms with Crippen molar-refractivity contribution in [1.29, 1.82) is 0 Å². The monoisotopic (exact) mass is 164 g/mol. The van der Waals surface area contributed by atoms with Gasteiger partial charge in [0, 0.05) is 0 Å². The van der Waals surface area contributed by atoms with Crippen LogP contribution in [0.3, 0.4) is 0 Å². The first-order chi connectivity index (χ1) is 5.54. The van der Waals surface area contributed by atoms with Crippen LogP contribution in [0.1, 0.15) is 40.5 Å². The Hall–Kier alpha value is -0.260. The molecular weight excluding hydrogens is 144 g/mol. The van der Waals surface area contributed by atoms with E-state index in [1.165, 1.54) is 12.8 Å².